The maximum absolute atomic E-state index is 12.4. The molecule has 0 aliphatic carbocycles. The first-order valence-electron chi connectivity index (χ1n) is 9.71. The van der Waals surface area contributed by atoms with Gasteiger partial charge in [-0.2, -0.15) is 0 Å². The van der Waals surface area contributed by atoms with Crippen LogP contribution in [0.25, 0.3) is 0 Å². The highest BCUT2D eigenvalue weighted by Gasteiger charge is 2.24. The van der Waals surface area contributed by atoms with Gasteiger partial charge in [-0.3, -0.25) is 9.59 Å². The van der Waals surface area contributed by atoms with Crippen molar-refractivity contribution in [3.63, 3.8) is 0 Å². The molecule has 0 bridgehead atoms. The van der Waals surface area contributed by atoms with Crippen LogP contribution < -0.4 is 10.6 Å². The van der Waals surface area contributed by atoms with Crippen LogP contribution in [0, 0.1) is 5.92 Å². The molecule has 1 saturated heterocycles. The van der Waals surface area contributed by atoms with Gasteiger partial charge in [0.05, 0.1) is 0 Å². The molecule has 2 aromatic rings. The largest absolute Gasteiger partial charge is 0.352 e. The van der Waals surface area contributed by atoms with E-state index in [0.717, 1.165) is 19.5 Å². The molecule has 1 unspecified atom stereocenters. The van der Waals surface area contributed by atoms with Crippen molar-refractivity contribution in [2.24, 2.45) is 5.92 Å². The zero-order chi connectivity index (χ0) is 21.0. The highest BCUT2D eigenvalue weighted by molar-refractivity contribution is 6.35. The number of likely N-dealkylation sites (tertiary alicyclic amines) is 1. The number of anilines is 1. The zero-order valence-electron chi connectivity index (χ0n) is 16.5. The van der Waals surface area contributed by atoms with Gasteiger partial charge in [0.1, 0.15) is 0 Å². The van der Waals surface area contributed by atoms with Gasteiger partial charge < -0.3 is 15.5 Å². The second kappa shape index (κ2) is 9.61. The first-order valence-corrected chi connectivity index (χ1v) is 10.5. The van der Waals surface area contributed by atoms with E-state index < -0.39 is 0 Å². The summed E-state index contributed by atoms with van der Waals surface area (Å²) in [6, 6.07) is 12.0. The molecule has 3 rings (SSSR count). The highest BCUT2D eigenvalue weighted by Crippen LogP contribution is 2.21. The summed E-state index contributed by atoms with van der Waals surface area (Å²) in [4.78, 5) is 27.2. The summed E-state index contributed by atoms with van der Waals surface area (Å²) in [7, 11) is 0. The number of hydrogen-bond donors (Lipinski definition) is 2. The van der Waals surface area contributed by atoms with E-state index >= 15 is 0 Å². The van der Waals surface area contributed by atoms with Crippen LogP contribution in [0.2, 0.25) is 10.0 Å². The number of hydrogen-bond acceptors (Lipinski definition) is 3. The number of amides is 2. The van der Waals surface area contributed by atoms with Gasteiger partial charge in [-0.1, -0.05) is 23.2 Å². The van der Waals surface area contributed by atoms with E-state index in [9.17, 15) is 9.59 Å². The summed E-state index contributed by atoms with van der Waals surface area (Å²) in [5.41, 5.74) is 1.52. The second-order valence-electron chi connectivity index (χ2n) is 7.64. The smallest absolute Gasteiger partial charge is 0.255 e. The second-order valence-corrected chi connectivity index (χ2v) is 8.52. The lowest BCUT2D eigenvalue weighted by atomic mass is 10.1. The molecule has 1 atom stereocenters. The van der Waals surface area contributed by atoms with Crippen molar-refractivity contribution in [1.29, 1.82) is 0 Å². The van der Waals surface area contributed by atoms with Crippen LogP contribution in [0.5, 0.6) is 0 Å². The molecule has 2 aromatic carbocycles. The van der Waals surface area contributed by atoms with Crippen molar-refractivity contribution < 1.29 is 9.59 Å². The number of halogens is 2. The van der Waals surface area contributed by atoms with Gasteiger partial charge in [0.15, 0.2) is 0 Å². The van der Waals surface area contributed by atoms with E-state index in [1.165, 1.54) is 0 Å². The predicted molar refractivity (Wildman–Crippen MR) is 118 cm³/mol. The van der Waals surface area contributed by atoms with Gasteiger partial charge in [0.25, 0.3) is 11.8 Å². The van der Waals surface area contributed by atoms with Crippen LogP contribution in [-0.2, 0) is 0 Å². The molecule has 1 aliphatic rings. The number of carbonyl (C=O) groups excluding carboxylic acids is 2. The Bertz CT molecular complexity index is 864. The summed E-state index contributed by atoms with van der Waals surface area (Å²) >= 11 is 11.9. The zero-order valence-corrected chi connectivity index (χ0v) is 18.1. The summed E-state index contributed by atoms with van der Waals surface area (Å²) in [6.45, 7) is 7.18. The summed E-state index contributed by atoms with van der Waals surface area (Å²) < 4.78 is 0. The molecule has 29 heavy (non-hydrogen) atoms. The summed E-state index contributed by atoms with van der Waals surface area (Å²) in [6.07, 6.45) is 1.11. The van der Waals surface area contributed by atoms with Gasteiger partial charge in [-0.05, 0) is 75.2 Å². The molecule has 7 heteroatoms. The molecule has 1 aliphatic heterocycles. The average Bonchev–Trinajstić information content (AvgIpc) is 3.15. The standard InChI is InChI=1S/C22H25Cl2N3O2/c1-14(2)27-8-7-15(13-27)12-25-21(28)16-3-5-20(6-4-16)26-22(29)17-9-18(23)11-19(24)10-17/h3-6,9-11,14-15H,7-8,12-13H2,1-2H3,(H,25,28)(H,26,29). The van der Waals surface area contributed by atoms with Crippen LogP contribution in [0.15, 0.2) is 42.5 Å². The fourth-order valence-corrected chi connectivity index (χ4v) is 3.96. The maximum atomic E-state index is 12.4. The van der Waals surface area contributed by atoms with Gasteiger partial charge in [0.2, 0.25) is 0 Å². The fourth-order valence-electron chi connectivity index (χ4n) is 3.43. The van der Waals surface area contributed by atoms with Gasteiger partial charge in [0, 0.05) is 46.0 Å². The van der Waals surface area contributed by atoms with Crippen LogP contribution in [-0.4, -0.2) is 42.4 Å². The molecule has 1 heterocycles. The van der Waals surface area contributed by atoms with Crippen molar-refractivity contribution in [2.45, 2.75) is 26.3 Å². The SMILES string of the molecule is CC(C)N1CCC(CNC(=O)c2ccc(NC(=O)c3cc(Cl)cc(Cl)c3)cc2)C1. The monoisotopic (exact) mass is 433 g/mol. The lowest BCUT2D eigenvalue weighted by Crippen LogP contribution is -2.32. The molecule has 5 nitrogen and oxygen atoms in total. The third kappa shape index (κ3) is 5.95. The van der Waals surface area contributed by atoms with Crippen LogP contribution in [0.3, 0.4) is 0 Å². The highest BCUT2D eigenvalue weighted by atomic mass is 35.5. The lowest BCUT2D eigenvalue weighted by molar-refractivity contribution is 0.0946. The molecule has 154 valence electrons. The van der Waals surface area contributed by atoms with E-state index in [4.69, 9.17) is 23.2 Å². The van der Waals surface area contributed by atoms with Gasteiger partial charge in [-0.15, -0.1) is 0 Å². The predicted octanol–water partition coefficient (Wildman–Crippen LogP) is 4.71. The first-order chi connectivity index (χ1) is 13.8. The maximum Gasteiger partial charge on any atom is 0.255 e. The van der Waals surface area contributed by atoms with Crippen molar-refractivity contribution in [1.82, 2.24) is 10.2 Å². The quantitative estimate of drug-likeness (QED) is 0.693. The Kier molecular flexibility index (Phi) is 7.17. The number of carbonyl (C=O) groups is 2. The van der Waals surface area contributed by atoms with E-state index in [0.29, 0.717) is 45.4 Å². The van der Waals surface area contributed by atoms with Crippen molar-refractivity contribution in [2.75, 3.05) is 25.0 Å². The molecule has 0 aromatic heterocycles. The third-order valence-corrected chi connectivity index (χ3v) is 5.56. The number of benzene rings is 2. The number of nitrogens with zero attached hydrogens (tertiary/aromatic N) is 1. The molecular formula is C22H25Cl2N3O2. The van der Waals surface area contributed by atoms with E-state index in [2.05, 4.69) is 29.4 Å². The summed E-state index contributed by atoms with van der Waals surface area (Å²) in [5, 5.41) is 6.59. The van der Waals surface area contributed by atoms with Crippen LogP contribution in [0.4, 0.5) is 5.69 Å². The first kappa shape index (κ1) is 21.6. The molecule has 0 radical (unpaired) electrons. The Balaban J connectivity index is 1.53. The van der Waals surface area contributed by atoms with Crippen molar-refractivity contribution >= 4 is 40.7 Å². The normalized spacial score (nSPS) is 16.8. The average molecular weight is 434 g/mol. The topological polar surface area (TPSA) is 61.4 Å². The van der Waals surface area contributed by atoms with Gasteiger partial charge >= 0.3 is 0 Å². The molecular weight excluding hydrogens is 409 g/mol. The molecule has 1 fully saturated rings. The van der Waals surface area contributed by atoms with Crippen LogP contribution in [0.1, 0.15) is 41.0 Å². The van der Waals surface area contributed by atoms with Crippen molar-refractivity contribution in [3.8, 4) is 0 Å². The Hall–Kier alpha value is -2.08. The third-order valence-electron chi connectivity index (χ3n) is 5.13. The van der Waals surface area contributed by atoms with E-state index in [-0.39, 0.29) is 11.8 Å². The lowest BCUT2D eigenvalue weighted by Gasteiger charge is -2.20. The molecule has 0 spiro atoms. The van der Waals surface area contributed by atoms with Gasteiger partial charge in [-0.25, -0.2) is 0 Å². The summed E-state index contributed by atoms with van der Waals surface area (Å²) in [5.74, 6) is 0.0690. The minimum absolute atomic E-state index is 0.104. The minimum Gasteiger partial charge on any atom is -0.352 e. The number of rotatable bonds is 6. The Morgan fingerprint density at radius 1 is 1.03 bits per heavy atom. The van der Waals surface area contributed by atoms with E-state index in [1.54, 1.807) is 42.5 Å². The number of nitrogens with one attached hydrogen (secondary N) is 2. The Morgan fingerprint density at radius 3 is 2.28 bits per heavy atom. The van der Waals surface area contributed by atoms with E-state index in [1.807, 2.05) is 0 Å². The Morgan fingerprint density at radius 2 is 1.69 bits per heavy atom. The molecule has 2 N–H and O–H groups in total. The molecule has 2 amide bonds. The molecule has 0 saturated carbocycles. The minimum atomic E-state index is -0.317. The fraction of sp³-hybridized carbons (Fsp3) is 0.364. The Labute approximate surface area is 181 Å². The van der Waals surface area contributed by atoms with Crippen molar-refractivity contribution in [3.05, 3.63) is 63.6 Å². The van der Waals surface area contributed by atoms with Crippen LogP contribution >= 0.6 is 23.2 Å².